The lowest BCUT2D eigenvalue weighted by atomic mass is 10.0. The first-order valence-electron chi connectivity index (χ1n) is 5.64. The molecule has 2 N–H and O–H groups in total. The van der Waals surface area contributed by atoms with Crippen molar-refractivity contribution in [2.24, 2.45) is 11.8 Å². The topological polar surface area (TPSA) is 32.3 Å². The normalized spacial score (nSPS) is 20.8. The molecule has 0 spiro atoms. The van der Waals surface area contributed by atoms with Gasteiger partial charge < -0.3 is 10.4 Å². The number of aliphatic hydroxyl groups is 1. The van der Waals surface area contributed by atoms with Crippen LogP contribution < -0.4 is 5.32 Å². The Hall–Kier alpha value is -0.0800. The first kappa shape index (κ1) is 11.0. The Balaban J connectivity index is 1.88. The molecule has 2 nitrogen and oxygen atoms in total. The van der Waals surface area contributed by atoms with Crippen molar-refractivity contribution < 1.29 is 5.11 Å². The van der Waals surface area contributed by atoms with Gasteiger partial charge in [0.2, 0.25) is 0 Å². The minimum Gasteiger partial charge on any atom is -0.396 e. The summed E-state index contributed by atoms with van der Waals surface area (Å²) in [5.74, 6) is 1.39. The van der Waals surface area contributed by atoms with Crippen LogP contribution in [0.25, 0.3) is 0 Å². The van der Waals surface area contributed by atoms with Crippen LogP contribution in [-0.4, -0.2) is 24.8 Å². The van der Waals surface area contributed by atoms with E-state index in [1.54, 1.807) is 0 Å². The van der Waals surface area contributed by atoms with Crippen LogP contribution in [0, 0.1) is 11.8 Å². The Bertz CT molecular complexity index is 121. The summed E-state index contributed by atoms with van der Waals surface area (Å²) in [7, 11) is 0. The third kappa shape index (κ3) is 4.63. The molecule has 0 aliphatic heterocycles. The monoisotopic (exact) mass is 185 g/mol. The summed E-state index contributed by atoms with van der Waals surface area (Å²) in [4.78, 5) is 0. The van der Waals surface area contributed by atoms with Gasteiger partial charge >= 0.3 is 0 Å². The molecule has 0 aromatic rings. The lowest BCUT2D eigenvalue weighted by Crippen LogP contribution is -2.25. The summed E-state index contributed by atoms with van der Waals surface area (Å²) >= 11 is 0. The molecule has 1 aliphatic rings. The second-order valence-electron chi connectivity index (χ2n) is 4.43. The molecule has 0 aromatic carbocycles. The maximum absolute atomic E-state index is 8.81. The van der Waals surface area contributed by atoms with Gasteiger partial charge in [-0.3, -0.25) is 0 Å². The van der Waals surface area contributed by atoms with E-state index in [1.807, 2.05) is 0 Å². The Morgan fingerprint density at radius 3 is 2.69 bits per heavy atom. The largest absolute Gasteiger partial charge is 0.396 e. The Morgan fingerprint density at radius 2 is 2.08 bits per heavy atom. The molecular formula is C11H23NO. The van der Waals surface area contributed by atoms with Crippen molar-refractivity contribution >= 4 is 0 Å². The Morgan fingerprint density at radius 1 is 1.38 bits per heavy atom. The van der Waals surface area contributed by atoms with Gasteiger partial charge in [0.15, 0.2) is 0 Å². The molecule has 0 aromatic heterocycles. The average Bonchev–Trinajstić information content (AvgIpc) is 2.64. The predicted octanol–water partition coefficient (Wildman–Crippen LogP) is 1.78. The molecule has 0 heterocycles. The van der Waals surface area contributed by atoms with E-state index in [4.69, 9.17) is 5.11 Å². The summed E-state index contributed by atoms with van der Waals surface area (Å²) in [5.41, 5.74) is 0. The van der Waals surface area contributed by atoms with Crippen LogP contribution in [0.4, 0.5) is 0 Å². The molecule has 1 atom stereocenters. The first-order chi connectivity index (χ1) is 6.33. The molecule has 1 rings (SSSR count). The minimum atomic E-state index is 0.302. The van der Waals surface area contributed by atoms with E-state index in [9.17, 15) is 0 Å². The smallest absolute Gasteiger partial charge is 0.0468 e. The highest BCUT2D eigenvalue weighted by atomic mass is 16.3. The van der Waals surface area contributed by atoms with E-state index in [-0.39, 0.29) is 0 Å². The number of hydrogen-bond acceptors (Lipinski definition) is 2. The van der Waals surface area contributed by atoms with Crippen LogP contribution in [0.5, 0.6) is 0 Å². The molecule has 0 bridgehead atoms. The quantitative estimate of drug-likeness (QED) is 0.618. The van der Waals surface area contributed by atoms with Gasteiger partial charge in [-0.25, -0.2) is 0 Å². The molecular weight excluding hydrogens is 162 g/mol. The Kier molecular flexibility index (Phi) is 5.40. The number of rotatable bonds is 6. The van der Waals surface area contributed by atoms with E-state index in [0.29, 0.717) is 12.5 Å². The predicted molar refractivity (Wildman–Crippen MR) is 55.7 cm³/mol. The highest BCUT2D eigenvalue weighted by Gasteiger charge is 2.13. The number of nitrogens with one attached hydrogen (secondary N) is 1. The lowest BCUT2D eigenvalue weighted by molar-refractivity contribution is 0.233. The van der Waals surface area contributed by atoms with Crippen LogP contribution >= 0.6 is 0 Å². The van der Waals surface area contributed by atoms with E-state index in [0.717, 1.165) is 19.0 Å². The van der Waals surface area contributed by atoms with E-state index in [1.165, 1.54) is 32.1 Å². The molecule has 1 aliphatic carbocycles. The summed E-state index contributed by atoms with van der Waals surface area (Å²) < 4.78 is 0. The highest BCUT2D eigenvalue weighted by molar-refractivity contribution is 4.68. The highest BCUT2D eigenvalue weighted by Crippen LogP contribution is 2.26. The molecule has 2 heteroatoms. The summed E-state index contributed by atoms with van der Waals surface area (Å²) in [5, 5.41) is 12.2. The van der Waals surface area contributed by atoms with Gasteiger partial charge in [0.1, 0.15) is 0 Å². The second-order valence-corrected chi connectivity index (χ2v) is 4.43. The van der Waals surface area contributed by atoms with Gasteiger partial charge in [-0.15, -0.1) is 0 Å². The van der Waals surface area contributed by atoms with Crippen molar-refractivity contribution in [3.8, 4) is 0 Å². The zero-order valence-corrected chi connectivity index (χ0v) is 8.76. The lowest BCUT2D eigenvalue weighted by Gasteiger charge is -2.12. The average molecular weight is 185 g/mol. The van der Waals surface area contributed by atoms with Gasteiger partial charge in [0.25, 0.3) is 0 Å². The van der Waals surface area contributed by atoms with Crippen LogP contribution in [0.2, 0.25) is 0 Å². The van der Waals surface area contributed by atoms with Crippen molar-refractivity contribution in [3.63, 3.8) is 0 Å². The third-order valence-corrected chi connectivity index (χ3v) is 3.01. The summed E-state index contributed by atoms with van der Waals surface area (Å²) in [6, 6.07) is 0. The molecule has 1 unspecified atom stereocenters. The van der Waals surface area contributed by atoms with E-state index in [2.05, 4.69) is 12.2 Å². The van der Waals surface area contributed by atoms with Crippen LogP contribution in [0.1, 0.15) is 39.0 Å². The van der Waals surface area contributed by atoms with Crippen molar-refractivity contribution in [2.45, 2.75) is 39.0 Å². The zero-order chi connectivity index (χ0) is 9.52. The molecule has 13 heavy (non-hydrogen) atoms. The summed E-state index contributed by atoms with van der Waals surface area (Å²) in [6.45, 7) is 4.47. The second kappa shape index (κ2) is 6.39. The van der Waals surface area contributed by atoms with Crippen molar-refractivity contribution in [3.05, 3.63) is 0 Å². The van der Waals surface area contributed by atoms with Crippen LogP contribution in [-0.2, 0) is 0 Å². The molecule has 0 saturated heterocycles. The van der Waals surface area contributed by atoms with E-state index < -0.39 is 0 Å². The fourth-order valence-corrected chi connectivity index (χ4v) is 2.02. The standard InChI is InChI=1S/C11H23NO/c1-10(9-13)8-12-7-6-11-4-2-3-5-11/h10-13H,2-9H2,1H3. The van der Waals surface area contributed by atoms with Crippen molar-refractivity contribution in [2.75, 3.05) is 19.7 Å². The molecule has 78 valence electrons. The van der Waals surface area contributed by atoms with Gasteiger partial charge in [0, 0.05) is 6.61 Å². The van der Waals surface area contributed by atoms with E-state index >= 15 is 0 Å². The minimum absolute atomic E-state index is 0.302. The Labute approximate surface area is 81.7 Å². The van der Waals surface area contributed by atoms with Crippen LogP contribution in [0.3, 0.4) is 0 Å². The maximum Gasteiger partial charge on any atom is 0.0468 e. The first-order valence-corrected chi connectivity index (χ1v) is 5.64. The van der Waals surface area contributed by atoms with Crippen LogP contribution in [0.15, 0.2) is 0 Å². The third-order valence-electron chi connectivity index (χ3n) is 3.01. The number of aliphatic hydroxyl groups excluding tert-OH is 1. The molecule has 0 radical (unpaired) electrons. The molecule has 1 fully saturated rings. The fraction of sp³-hybridized carbons (Fsp3) is 1.00. The zero-order valence-electron chi connectivity index (χ0n) is 8.76. The molecule has 0 amide bonds. The van der Waals surface area contributed by atoms with Gasteiger partial charge in [-0.1, -0.05) is 32.6 Å². The van der Waals surface area contributed by atoms with Gasteiger partial charge in [-0.05, 0) is 31.3 Å². The van der Waals surface area contributed by atoms with Crippen molar-refractivity contribution in [1.29, 1.82) is 0 Å². The van der Waals surface area contributed by atoms with Gasteiger partial charge in [-0.2, -0.15) is 0 Å². The van der Waals surface area contributed by atoms with Crippen molar-refractivity contribution in [1.82, 2.24) is 5.32 Å². The fourth-order valence-electron chi connectivity index (χ4n) is 2.02. The summed E-state index contributed by atoms with van der Waals surface area (Å²) in [6.07, 6.45) is 7.10. The molecule has 1 saturated carbocycles. The maximum atomic E-state index is 8.81. The van der Waals surface area contributed by atoms with Gasteiger partial charge in [0.05, 0.1) is 0 Å². The SMILES string of the molecule is CC(CO)CNCCC1CCCC1. The number of hydrogen-bond donors (Lipinski definition) is 2.